The third-order valence-corrected chi connectivity index (χ3v) is 3.64. The van der Waals surface area contributed by atoms with E-state index >= 15 is 0 Å². The van der Waals surface area contributed by atoms with E-state index in [4.69, 9.17) is 4.74 Å². The maximum absolute atomic E-state index is 12.4. The van der Waals surface area contributed by atoms with E-state index in [1.807, 2.05) is 0 Å². The topological polar surface area (TPSA) is 80.6 Å². The van der Waals surface area contributed by atoms with Crippen LogP contribution >= 0.6 is 15.9 Å². The third kappa shape index (κ3) is 3.85. The van der Waals surface area contributed by atoms with Gasteiger partial charge in [-0.1, -0.05) is 0 Å². The number of amides is 1. The average Bonchev–Trinajstić information content (AvgIpc) is 2.30. The monoisotopic (exact) mass is 358 g/mol. The molecule has 1 aromatic rings. The van der Waals surface area contributed by atoms with Gasteiger partial charge in [0.2, 0.25) is 0 Å². The van der Waals surface area contributed by atoms with Crippen molar-refractivity contribution in [3.63, 3.8) is 0 Å². The number of nitrogens with one attached hydrogen (secondary N) is 1. The summed E-state index contributed by atoms with van der Waals surface area (Å²) in [6.45, 7) is 5.24. The van der Waals surface area contributed by atoms with Crippen LogP contribution in [0.15, 0.2) is 21.5 Å². The molecule has 0 bridgehead atoms. The lowest BCUT2D eigenvalue weighted by Crippen LogP contribution is -2.40. The summed E-state index contributed by atoms with van der Waals surface area (Å²) in [6, 6.07) is 1.28. The minimum atomic E-state index is -0.682. The zero-order chi connectivity index (χ0) is 15.8. The lowest BCUT2D eigenvalue weighted by molar-refractivity contribution is 0.0299. The predicted molar refractivity (Wildman–Crippen MR) is 82.5 cm³/mol. The fourth-order valence-corrected chi connectivity index (χ4v) is 2.56. The molecule has 7 heteroatoms. The van der Waals surface area contributed by atoms with Crippen LogP contribution in [-0.4, -0.2) is 27.5 Å². The molecule has 1 aliphatic carbocycles. The van der Waals surface area contributed by atoms with Gasteiger partial charge in [-0.2, -0.15) is 0 Å². The number of pyridine rings is 1. The molecule has 0 radical (unpaired) electrons. The standard InChI is InChI=1S/C14H19BrN2O4/c1-14(2,3)21-13(20)16-9-6-8(15)7-17(12(9)19)10-4-5-11(10)18/h6-7,10-11,18H,4-5H2,1-3H3,(H,16,20)/t10-,11+/m1/s1. The van der Waals surface area contributed by atoms with Gasteiger partial charge in [0, 0.05) is 10.7 Å². The number of carbonyl (C=O) groups is 1. The van der Waals surface area contributed by atoms with Crippen molar-refractivity contribution in [3.05, 3.63) is 27.1 Å². The highest BCUT2D eigenvalue weighted by molar-refractivity contribution is 9.10. The first-order valence-corrected chi connectivity index (χ1v) is 7.56. The van der Waals surface area contributed by atoms with Crippen molar-refractivity contribution in [3.8, 4) is 0 Å². The highest BCUT2D eigenvalue weighted by Gasteiger charge is 2.31. The van der Waals surface area contributed by atoms with Crippen molar-refractivity contribution < 1.29 is 14.6 Å². The summed E-state index contributed by atoms with van der Waals surface area (Å²) in [6.07, 6.45) is 1.84. The number of anilines is 1. The first kappa shape index (κ1) is 16.0. The zero-order valence-electron chi connectivity index (χ0n) is 12.2. The Kier molecular flexibility index (Phi) is 4.43. The van der Waals surface area contributed by atoms with Crippen molar-refractivity contribution in [1.82, 2.24) is 4.57 Å². The number of aliphatic hydroxyl groups excluding tert-OH is 1. The fourth-order valence-electron chi connectivity index (χ4n) is 2.11. The van der Waals surface area contributed by atoms with E-state index in [9.17, 15) is 14.7 Å². The van der Waals surface area contributed by atoms with Crippen LogP contribution in [-0.2, 0) is 4.74 Å². The lowest BCUT2D eigenvalue weighted by atomic mass is 9.89. The number of rotatable bonds is 2. The Morgan fingerprint density at radius 2 is 2.14 bits per heavy atom. The second-order valence-corrected chi connectivity index (χ2v) is 7.04. The van der Waals surface area contributed by atoms with E-state index in [0.717, 1.165) is 6.42 Å². The molecule has 2 rings (SSSR count). The Balaban J connectivity index is 2.24. The summed E-state index contributed by atoms with van der Waals surface area (Å²) in [5, 5.41) is 12.2. The van der Waals surface area contributed by atoms with Crippen LogP contribution < -0.4 is 10.9 Å². The number of aromatic nitrogens is 1. The van der Waals surface area contributed by atoms with Crippen LogP contribution in [0, 0.1) is 0 Å². The summed E-state index contributed by atoms with van der Waals surface area (Å²) in [7, 11) is 0. The summed E-state index contributed by atoms with van der Waals surface area (Å²) in [5.74, 6) is 0. The van der Waals surface area contributed by atoms with E-state index < -0.39 is 17.8 Å². The van der Waals surface area contributed by atoms with Crippen LogP contribution in [0.4, 0.5) is 10.5 Å². The molecule has 21 heavy (non-hydrogen) atoms. The van der Waals surface area contributed by atoms with E-state index in [1.165, 1.54) is 10.6 Å². The van der Waals surface area contributed by atoms with Gasteiger partial charge in [-0.25, -0.2) is 4.79 Å². The van der Waals surface area contributed by atoms with Crippen LogP contribution in [0.25, 0.3) is 0 Å². The van der Waals surface area contributed by atoms with Gasteiger partial charge in [0.05, 0.1) is 12.1 Å². The number of halogens is 1. The van der Waals surface area contributed by atoms with Crippen molar-refractivity contribution >= 4 is 27.7 Å². The van der Waals surface area contributed by atoms with Crippen LogP contribution in [0.3, 0.4) is 0 Å². The molecule has 1 aliphatic rings. The number of ether oxygens (including phenoxy) is 1. The minimum absolute atomic E-state index is 0.123. The summed E-state index contributed by atoms with van der Waals surface area (Å²) in [4.78, 5) is 24.1. The average molecular weight is 359 g/mol. The number of hydrogen-bond acceptors (Lipinski definition) is 4. The Morgan fingerprint density at radius 1 is 1.48 bits per heavy atom. The van der Waals surface area contributed by atoms with Crippen LogP contribution in [0.5, 0.6) is 0 Å². The first-order chi connectivity index (χ1) is 9.67. The zero-order valence-corrected chi connectivity index (χ0v) is 13.8. The molecule has 6 nitrogen and oxygen atoms in total. The summed E-state index contributed by atoms with van der Waals surface area (Å²) < 4.78 is 7.23. The van der Waals surface area contributed by atoms with Crippen molar-refractivity contribution in [1.29, 1.82) is 0 Å². The Hall–Kier alpha value is -1.34. The molecular weight excluding hydrogens is 340 g/mol. The Bertz CT molecular complexity index is 606. The first-order valence-electron chi connectivity index (χ1n) is 6.77. The maximum atomic E-state index is 12.4. The molecule has 1 aromatic heterocycles. The molecule has 0 spiro atoms. The molecule has 1 saturated carbocycles. The summed E-state index contributed by atoms with van der Waals surface area (Å²) >= 11 is 3.31. The fraction of sp³-hybridized carbons (Fsp3) is 0.571. The molecule has 2 atom stereocenters. The highest BCUT2D eigenvalue weighted by atomic mass is 79.9. The van der Waals surface area contributed by atoms with Crippen LogP contribution in [0.1, 0.15) is 39.7 Å². The smallest absolute Gasteiger partial charge is 0.412 e. The van der Waals surface area contributed by atoms with Crippen molar-refractivity contribution in [2.75, 3.05) is 5.32 Å². The second-order valence-electron chi connectivity index (χ2n) is 6.12. The molecule has 2 N–H and O–H groups in total. The van der Waals surface area contributed by atoms with Crippen LogP contribution in [0.2, 0.25) is 0 Å². The third-order valence-electron chi connectivity index (χ3n) is 3.20. The van der Waals surface area contributed by atoms with E-state index in [0.29, 0.717) is 10.9 Å². The Morgan fingerprint density at radius 3 is 2.62 bits per heavy atom. The molecule has 1 heterocycles. The van der Waals surface area contributed by atoms with Gasteiger partial charge in [0.25, 0.3) is 5.56 Å². The lowest BCUT2D eigenvalue weighted by Gasteiger charge is -2.34. The quantitative estimate of drug-likeness (QED) is 0.851. The number of nitrogens with zero attached hydrogens (tertiary/aromatic N) is 1. The molecule has 0 aromatic carbocycles. The van der Waals surface area contributed by atoms with E-state index in [-0.39, 0.29) is 17.3 Å². The minimum Gasteiger partial charge on any atom is -0.444 e. The molecular formula is C14H19BrN2O4. The molecule has 116 valence electrons. The maximum Gasteiger partial charge on any atom is 0.412 e. The molecule has 0 aliphatic heterocycles. The van der Waals surface area contributed by atoms with Gasteiger partial charge in [-0.15, -0.1) is 0 Å². The second kappa shape index (κ2) is 5.81. The molecule has 0 unspecified atom stereocenters. The van der Waals surface area contributed by atoms with E-state index in [1.54, 1.807) is 27.0 Å². The largest absolute Gasteiger partial charge is 0.444 e. The number of hydrogen-bond donors (Lipinski definition) is 2. The van der Waals surface area contributed by atoms with Crippen molar-refractivity contribution in [2.45, 2.75) is 51.4 Å². The number of carbonyl (C=O) groups excluding carboxylic acids is 1. The highest BCUT2D eigenvalue weighted by Crippen LogP contribution is 2.32. The summed E-state index contributed by atoms with van der Waals surface area (Å²) in [5.41, 5.74) is -0.871. The van der Waals surface area contributed by atoms with Gasteiger partial charge in [0.1, 0.15) is 11.3 Å². The normalized spacial score (nSPS) is 21.6. The molecule has 0 saturated heterocycles. The molecule has 1 fully saturated rings. The van der Waals surface area contributed by atoms with Gasteiger partial charge < -0.3 is 14.4 Å². The van der Waals surface area contributed by atoms with Crippen molar-refractivity contribution in [2.24, 2.45) is 0 Å². The number of aliphatic hydroxyl groups is 1. The van der Waals surface area contributed by atoms with Gasteiger partial charge in [-0.3, -0.25) is 10.1 Å². The SMILES string of the molecule is CC(C)(C)OC(=O)Nc1cc(Br)cn([C@@H]2CC[C@@H]2O)c1=O. The Labute approximate surface area is 131 Å². The van der Waals surface area contributed by atoms with Gasteiger partial charge in [-0.05, 0) is 55.6 Å². The van der Waals surface area contributed by atoms with Gasteiger partial charge in [0.15, 0.2) is 0 Å². The predicted octanol–water partition coefficient (Wildman–Crippen LogP) is 2.65. The molecule has 1 amide bonds. The van der Waals surface area contributed by atoms with E-state index in [2.05, 4.69) is 21.2 Å². The van der Waals surface area contributed by atoms with Gasteiger partial charge >= 0.3 is 6.09 Å².